The standard InChI is InChI=1S/C27H30N4O3/c1-20-9-11-23(12-10-20)26-19-29(16-24-7-3-4-8-27(24)31(33)34)17-25(26)18-30(21(2)32)15-22-6-5-13-28-14-22/h3-14,25-26H,15-19H2,1-2H3/t25-,26+/m1/s1. The fourth-order valence-corrected chi connectivity index (χ4v) is 4.83. The van der Waals surface area contributed by atoms with E-state index in [0.29, 0.717) is 19.6 Å². The van der Waals surface area contributed by atoms with E-state index >= 15 is 0 Å². The summed E-state index contributed by atoms with van der Waals surface area (Å²) in [5.74, 6) is 0.480. The van der Waals surface area contributed by atoms with Crippen LogP contribution in [-0.4, -0.2) is 45.2 Å². The highest BCUT2D eigenvalue weighted by Gasteiger charge is 2.36. The lowest BCUT2D eigenvalue weighted by molar-refractivity contribution is -0.385. The van der Waals surface area contributed by atoms with E-state index in [9.17, 15) is 14.9 Å². The van der Waals surface area contributed by atoms with Crippen LogP contribution in [0.25, 0.3) is 0 Å². The van der Waals surface area contributed by atoms with Gasteiger partial charge in [-0.3, -0.25) is 24.8 Å². The lowest BCUT2D eigenvalue weighted by atomic mass is 9.88. The molecule has 176 valence electrons. The third-order valence-corrected chi connectivity index (χ3v) is 6.60. The second kappa shape index (κ2) is 10.6. The Labute approximate surface area is 200 Å². The minimum atomic E-state index is -0.314. The smallest absolute Gasteiger partial charge is 0.273 e. The number of pyridine rings is 1. The van der Waals surface area contributed by atoms with E-state index < -0.39 is 0 Å². The first-order valence-electron chi connectivity index (χ1n) is 11.6. The number of amides is 1. The highest BCUT2D eigenvalue weighted by Crippen LogP contribution is 2.35. The summed E-state index contributed by atoms with van der Waals surface area (Å²) >= 11 is 0. The molecule has 1 saturated heterocycles. The van der Waals surface area contributed by atoms with Gasteiger partial charge in [0.25, 0.3) is 5.69 Å². The molecular weight excluding hydrogens is 428 g/mol. The molecule has 1 amide bonds. The van der Waals surface area contributed by atoms with Crippen molar-refractivity contribution >= 4 is 11.6 Å². The molecule has 1 aliphatic rings. The molecule has 2 aromatic carbocycles. The largest absolute Gasteiger partial charge is 0.338 e. The molecule has 0 bridgehead atoms. The lowest BCUT2D eigenvalue weighted by Crippen LogP contribution is -2.35. The summed E-state index contributed by atoms with van der Waals surface area (Å²) in [5.41, 5.74) is 4.32. The fraction of sp³-hybridized carbons (Fsp3) is 0.333. The zero-order valence-corrected chi connectivity index (χ0v) is 19.6. The van der Waals surface area contributed by atoms with Gasteiger partial charge in [-0.25, -0.2) is 0 Å². The molecule has 1 aliphatic heterocycles. The van der Waals surface area contributed by atoms with Gasteiger partial charge in [0.2, 0.25) is 5.91 Å². The van der Waals surface area contributed by atoms with Gasteiger partial charge in [-0.15, -0.1) is 0 Å². The van der Waals surface area contributed by atoms with Gasteiger partial charge in [0.15, 0.2) is 0 Å². The maximum Gasteiger partial charge on any atom is 0.273 e. The number of hydrogen-bond donors (Lipinski definition) is 0. The number of carbonyl (C=O) groups is 1. The molecule has 0 unspecified atom stereocenters. The van der Waals surface area contributed by atoms with Gasteiger partial charge in [0.05, 0.1) is 4.92 Å². The average molecular weight is 459 g/mol. The number of carbonyl (C=O) groups excluding carboxylic acids is 1. The molecule has 0 N–H and O–H groups in total. The third-order valence-electron chi connectivity index (χ3n) is 6.60. The van der Waals surface area contributed by atoms with Crippen LogP contribution in [0, 0.1) is 23.0 Å². The van der Waals surface area contributed by atoms with Crippen molar-refractivity contribution in [3.8, 4) is 0 Å². The number of aryl methyl sites for hydroxylation is 1. The van der Waals surface area contributed by atoms with E-state index in [0.717, 1.165) is 24.2 Å². The summed E-state index contributed by atoms with van der Waals surface area (Å²) < 4.78 is 0. The summed E-state index contributed by atoms with van der Waals surface area (Å²) in [6.07, 6.45) is 3.52. The zero-order valence-electron chi connectivity index (χ0n) is 19.6. The molecule has 34 heavy (non-hydrogen) atoms. The molecule has 2 heterocycles. The number of aromatic nitrogens is 1. The third kappa shape index (κ3) is 5.66. The van der Waals surface area contributed by atoms with Crippen molar-refractivity contribution in [1.29, 1.82) is 0 Å². The van der Waals surface area contributed by atoms with Gasteiger partial charge in [0.1, 0.15) is 0 Å². The molecule has 7 nitrogen and oxygen atoms in total. The van der Waals surface area contributed by atoms with Crippen molar-refractivity contribution in [1.82, 2.24) is 14.8 Å². The molecule has 1 fully saturated rings. The van der Waals surface area contributed by atoms with Crippen LogP contribution in [-0.2, 0) is 17.9 Å². The van der Waals surface area contributed by atoms with E-state index in [1.165, 1.54) is 11.1 Å². The number of nitro groups is 1. The molecular formula is C27H30N4O3. The summed E-state index contributed by atoms with van der Waals surface area (Å²) in [6, 6.07) is 19.4. The monoisotopic (exact) mass is 458 g/mol. The number of hydrogen-bond acceptors (Lipinski definition) is 5. The van der Waals surface area contributed by atoms with Crippen LogP contribution in [0.5, 0.6) is 0 Å². The molecule has 1 aromatic heterocycles. The Balaban J connectivity index is 1.57. The predicted molar refractivity (Wildman–Crippen MR) is 131 cm³/mol. The maximum absolute atomic E-state index is 12.5. The highest BCUT2D eigenvalue weighted by atomic mass is 16.6. The molecule has 4 rings (SSSR count). The first-order chi connectivity index (χ1) is 16.4. The Morgan fingerprint density at radius 2 is 1.88 bits per heavy atom. The maximum atomic E-state index is 12.5. The summed E-state index contributed by atoms with van der Waals surface area (Å²) in [6.45, 7) is 6.89. The van der Waals surface area contributed by atoms with E-state index in [1.807, 2.05) is 29.2 Å². The van der Waals surface area contributed by atoms with Crippen LogP contribution in [0.3, 0.4) is 0 Å². The van der Waals surface area contributed by atoms with Crippen molar-refractivity contribution < 1.29 is 9.72 Å². The Bertz CT molecular complexity index is 1130. The molecule has 3 aromatic rings. The molecule has 2 atom stereocenters. The van der Waals surface area contributed by atoms with Gasteiger partial charge >= 0.3 is 0 Å². The van der Waals surface area contributed by atoms with Gasteiger partial charge in [0, 0.05) is 69.6 Å². The summed E-state index contributed by atoms with van der Waals surface area (Å²) in [5, 5.41) is 11.5. The Morgan fingerprint density at radius 1 is 1.12 bits per heavy atom. The van der Waals surface area contributed by atoms with Crippen LogP contribution < -0.4 is 0 Å². The molecule has 0 radical (unpaired) electrons. The summed E-state index contributed by atoms with van der Waals surface area (Å²) in [4.78, 5) is 32.1. The fourth-order valence-electron chi connectivity index (χ4n) is 4.83. The second-order valence-electron chi connectivity index (χ2n) is 9.12. The number of para-hydroxylation sites is 1. The average Bonchev–Trinajstić information content (AvgIpc) is 3.22. The van der Waals surface area contributed by atoms with Crippen molar-refractivity contribution in [3.63, 3.8) is 0 Å². The first-order valence-corrected chi connectivity index (χ1v) is 11.6. The molecule has 7 heteroatoms. The normalized spacial score (nSPS) is 18.1. The summed E-state index contributed by atoms with van der Waals surface area (Å²) in [7, 11) is 0. The number of nitro benzene ring substituents is 1. The zero-order chi connectivity index (χ0) is 24.1. The van der Waals surface area contributed by atoms with Crippen LogP contribution in [0.15, 0.2) is 73.1 Å². The van der Waals surface area contributed by atoms with Crippen molar-refractivity contribution in [3.05, 3.63) is 105 Å². The van der Waals surface area contributed by atoms with E-state index in [4.69, 9.17) is 0 Å². The Kier molecular flexibility index (Phi) is 7.33. The molecule has 0 spiro atoms. The first kappa shape index (κ1) is 23.6. The number of benzene rings is 2. The SMILES string of the molecule is CC(=O)N(Cc1cccnc1)C[C@H]1CN(Cc2ccccc2[N+](=O)[O-])C[C@H]1c1ccc(C)cc1. The predicted octanol–water partition coefficient (Wildman–Crippen LogP) is 4.56. The van der Waals surface area contributed by atoms with Gasteiger partial charge in [-0.2, -0.15) is 0 Å². The Morgan fingerprint density at radius 3 is 2.56 bits per heavy atom. The Hall–Kier alpha value is -3.58. The topological polar surface area (TPSA) is 79.6 Å². The number of likely N-dealkylation sites (tertiary alicyclic amines) is 1. The minimum absolute atomic E-state index is 0.0312. The van der Waals surface area contributed by atoms with Crippen molar-refractivity contribution in [2.24, 2.45) is 5.92 Å². The lowest BCUT2D eigenvalue weighted by Gasteiger charge is -2.28. The minimum Gasteiger partial charge on any atom is -0.338 e. The number of nitrogens with zero attached hydrogens (tertiary/aromatic N) is 4. The van der Waals surface area contributed by atoms with Crippen LogP contribution >= 0.6 is 0 Å². The van der Waals surface area contributed by atoms with E-state index in [-0.39, 0.29) is 28.4 Å². The van der Waals surface area contributed by atoms with Crippen LogP contribution in [0.4, 0.5) is 5.69 Å². The van der Waals surface area contributed by atoms with Gasteiger partial charge in [-0.1, -0.05) is 54.1 Å². The van der Waals surface area contributed by atoms with Crippen molar-refractivity contribution in [2.75, 3.05) is 19.6 Å². The quantitative estimate of drug-likeness (QED) is 0.365. The molecule has 0 saturated carbocycles. The van der Waals surface area contributed by atoms with Crippen LogP contribution in [0.1, 0.15) is 35.1 Å². The highest BCUT2D eigenvalue weighted by molar-refractivity contribution is 5.73. The van der Waals surface area contributed by atoms with Gasteiger partial charge in [-0.05, 0) is 30.0 Å². The molecule has 0 aliphatic carbocycles. The second-order valence-corrected chi connectivity index (χ2v) is 9.12. The van der Waals surface area contributed by atoms with Crippen molar-refractivity contribution in [2.45, 2.75) is 32.9 Å². The van der Waals surface area contributed by atoms with Crippen LogP contribution in [0.2, 0.25) is 0 Å². The van der Waals surface area contributed by atoms with E-state index in [2.05, 4.69) is 41.1 Å². The van der Waals surface area contributed by atoms with E-state index in [1.54, 1.807) is 31.5 Å². The number of rotatable bonds is 8. The van der Waals surface area contributed by atoms with Gasteiger partial charge < -0.3 is 4.90 Å².